The van der Waals surface area contributed by atoms with Crippen LogP contribution in [0.2, 0.25) is 5.02 Å². The monoisotopic (exact) mass is 382 g/mol. The van der Waals surface area contributed by atoms with E-state index >= 15 is 0 Å². The Labute approximate surface area is 164 Å². The summed E-state index contributed by atoms with van der Waals surface area (Å²) in [6, 6.07) is 11.7. The number of rotatable bonds is 6. The minimum Gasteiger partial charge on any atom is -0.472 e. The molecular formula is C22H23ClN2O2. The van der Waals surface area contributed by atoms with Crippen molar-refractivity contribution >= 4 is 17.4 Å². The minimum absolute atomic E-state index is 0.0990. The Bertz CT molecular complexity index is 978. The number of nitrogens with zero attached hydrogens (tertiary/aromatic N) is 2. The number of aromatic nitrogens is 2. The maximum Gasteiger partial charge on any atom is 0.223 e. The molecule has 4 nitrogen and oxygen atoms in total. The van der Waals surface area contributed by atoms with Crippen molar-refractivity contribution in [2.75, 3.05) is 0 Å². The van der Waals surface area contributed by atoms with Gasteiger partial charge in [0.1, 0.15) is 12.2 Å². The molecule has 27 heavy (non-hydrogen) atoms. The summed E-state index contributed by atoms with van der Waals surface area (Å²) in [5, 5.41) is 5.03. The van der Waals surface area contributed by atoms with E-state index in [0.717, 1.165) is 22.3 Å². The van der Waals surface area contributed by atoms with Crippen LogP contribution in [0.1, 0.15) is 45.1 Å². The highest BCUT2D eigenvalue weighted by Gasteiger charge is 2.23. The summed E-state index contributed by atoms with van der Waals surface area (Å²) in [5.41, 5.74) is 4.84. The minimum atomic E-state index is -0.0990. The molecule has 0 bridgehead atoms. The molecule has 0 saturated heterocycles. The standard InChI is InChI=1S/C22H23ClN2O2/c1-5-25-22(27-13-17-9-7-6-8-10-17)19(12-24-25)21(26)18-11-14(2)20(23)16(4)15(18)3/h6-12H,5,13H2,1-4H3. The molecule has 0 aliphatic heterocycles. The van der Waals surface area contributed by atoms with Crippen LogP contribution >= 0.6 is 11.6 Å². The maximum atomic E-state index is 13.3. The van der Waals surface area contributed by atoms with Gasteiger partial charge >= 0.3 is 0 Å². The molecule has 0 aliphatic carbocycles. The first-order valence-electron chi connectivity index (χ1n) is 8.97. The van der Waals surface area contributed by atoms with Crippen molar-refractivity contribution in [3.05, 3.63) is 81.0 Å². The summed E-state index contributed by atoms with van der Waals surface area (Å²) in [5.74, 6) is 0.397. The Morgan fingerprint density at radius 2 is 1.81 bits per heavy atom. The summed E-state index contributed by atoms with van der Waals surface area (Å²) in [4.78, 5) is 13.3. The summed E-state index contributed by atoms with van der Waals surface area (Å²) >= 11 is 6.33. The van der Waals surface area contributed by atoms with Crippen LogP contribution in [0.5, 0.6) is 5.88 Å². The molecular weight excluding hydrogens is 360 g/mol. The first-order valence-corrected chi connectivity index (χ1v) is 9.35. The quantitative estimate of drug-likeness (QED) is 0.544. The zero-order chi connectivity index (χ0) is 19.6. The number of benzene rings is 2. The molecule has 0 radical (unpaired) electrons. The van der Waals surface area contributed by atoms with E-state index in [4.69, 9.17) is 16.3 Å². The largest absolute Gasteiger partial charge is 0.472 e. The maximum absolute atomic E-state index is 13.3. The second kappa shape index (κ2) is 7.97. The number of halogens is 1. The average molecular weight is 383 g/mol. The van der Waals surface area contributed by atoms with E-state index in [0.29, 0.717) is 35.2 Å². The van der Waals surface area contributed by atoms with Gasteiger partial charge in [0.2, 0.25) is 5.88 Å². The van der Waals surface area contributed by atoms with Crippen molar-refractivity contribution in [2.24, 2.45) is 0 Å². The van der Waals surface area contributed by atoms with Gasteiger partial charge in [-0.15, -0.1) is 0 Å². The zero-order valence-corrected chi connectivity index (χ0v) is 16.8. The molecule has 2 aromatic carbocycles. The van der Waals surface area contributed by atoms with Crippen LogP contribution in [-0.2, 0) is 13.2 Å². The fourth-order valence-corrected chi connectivity index (χ4v) is 3.26. The van der Waals surface area contributed by atoms with Crippen molar-refractivity contribution in [3.8, 4) is 5.88 Å². The van der Waals surface area contributed by atoms with E-state index in [-0.39, 0.29) is 5.78 Å². The normalized spacial score (nSPS) is 10.9. The zero-order valence-electron chi connectivity index (χ0n) is 16.0. The van der Waals surface area contributed by atoms with Gasteiger partial charge in [-0.1, -0.05) is 41.9 Å². The molecule has 0 amide bonds. The lowest BCUT2D eigenvalue weighted by molar-refractivity contribution is 0.103. The van der Waals surface area contributed by atoms with E-state index < -0.39 is 0 Å². The summed E-state index contributed by atoms with van der Waals surface area (Å²) in [7, 11) is 0. The van der Waals surface area contributed by atoms with E-state index in [1.54, 1.807) is 10.9 Å². The Morgan fingerprint density at radius 1 is 1.11 bits per heavy atom. The Hall–Kier alpha value is -2.59. The van der Waals surface area contributed by atoms with Crippen molar-refractivity contribution in [3.63, 3.8) is 0 Å². The van der Waals surface area contributed by atoms with Crippen molar-refractivity contribution in [1.82, 2.24) is 9.78 Å². The van der Waals surface area contributed by atoms with Gasteiger partial charge in [-0.25, -0.2) is 4.68 Å². The number of aryl methyl sites for hydroxylation is 2. The number of hydrogen-bond acceptors (Lipinski definition) is 3. The summed E-state index contributed by atoms with van der Waals surface area (Å²) in [6.07, 6.45) is 1.59. The molecule has 0 N–H and O–H groups in total. The second-order valence-electron chi connectivity index (χ2n) is 6.59. The molecule has 3 aromatic rings. The van der Waals surface area contributed by atoms with E-state index in [1.165, 1.54) is 0 Å². The van der Waals surface area contributed by atoms with Crippen molar-refractivity contribution in [2.45, 2.75) is 40.8 Å². The van der Waals surface area contributed by atoms with Crippen LogP contribution in [0.3, 0.4) is 0 Å². The van der Waals surface area contributed by atoms with Gasteiger partial charge in [-0.2, -0.15) is 5.10 Å². The topological polar surface area (TPSA) is 44.1 Å². The van der Waals surface area contributed by atoms with Crippen LogP contribution in [0, 0.1) is 20.8 Å². The smallest absolute Gasteiger partial charge is 0.223 e. The molecule has 1 heterocycles. The predicted molar refractivity (Wildman–Crippen MR) is 108 cm³/mol. The van der Waals surface area contributed by atoms with Crippen LogP contribution in [0.15, 0.2) is 42.6 Å². The molecule has 0 spiro atoms. The van der Waals surface area contributed by atoms with Crippen LogP contribution < -0.4 is 4.74 Å². The van der Waals surface area contributed by atoms with E-state index in [9.17, 15) is 4.79 Å². The lowest BCUT2D eigenvalue weighted by atomic mass is 9.95. The van der Waals surface area contributed by atoms with Gasteiger partial charge in [0.05, 0.1) is 6.20 Å². The number of carbonyl (C=O) groups excluding carboxylic acids is 1. The Balaban J connectivity index is 1.97. The number of ketones is 1. The van der Waals surface area contributed by atoms with Gasteiger partial charge < -0.3 is 4.74 Å². The molecule has 5 heteroatoms. The lowest BCUT2D eigenvalue weighted by Crippen LogP contribution is -2.10. The SMILES string of the molecule is CCn1ncc(C(=O)c2cc(C)c(Cl)c(C)c2C)c1OCc1ccccc1. The Kier molecular flexibility index (Phi) is 5.66. The van der Waals surface area contributed by atoms with Crippen molar-refractivity contribution in [1.29, 1.82) is 0 Å². The average Bonchev–Trinajstić information content (AvgIpc) is 3.10. The molecule has 0 saturated carbocycles. The third-order valence-electron chi connectivity index (χ3n) is 4.80. The molecule has 0 unspecified atom stereocenters. The van der Waals surface area contributed by atoms with E-state index in [1.807, 2.05) is 64.1 Å². The van der Waals surface area contributed by atoms with Gasteiger partial charge in [0.25, 0.3) is 0 Å². The second-order valence-corrected chi connectivity index (χ2v) is 6.97. The van der Waals surface area contributed by atoms with Gasteiger partial charge in [0, 0.05) is 17.1 Å². The number of carbonyl (C=O) groups is 1. The van der Waals surface area contributed by atoms with Crippen molar-refractivity contribution < 1.29 is 9.53 Å². The highest BCUT2D eigenvalue weighted by Crippen LogP contribution is 2.30. The third-order valence-corrected chi connectivity index (χ3v) is 5.38. The highest BCUT2D eigenvalue weighted by molar-refractivity contribution is 6.32. The third kappa shape index (κ3) is 3.76. The molecule has 0 atom stereocenters. The fourth-order valence-electron chi connectivity index (χ4n) is 3.06. The number of hydrogen-bond donors (Lipinski definition) is 0. The number of ether oxygens (including phenoxy) is 1. The van der Waals surface area contributed by atoms with Crippen LogP contribution in [-0.4, -0.2) is 15.6 Å². The molecule has 0 fully saturated rings. The molecule has 140 valence electrons. The van der Waals surface area contributed by atoms with Gasteiger partial charge in [0.15, 0.2) is 5.78 Å². The summed E-state index contributed by atoms with van der Waals surface area (Å²) < 4.78 is 7.71. The first kappa shape index (κ1) is 19.2. The molecule has 1 aromatic heterocycles. The van der Waals surface area contributed by atoms with Gasteiger partial charge in [-0.05, 0) is 56.0 Å². The predicted octanol–water partition coefficient (Wildman–Crippen LogP) is 5.29. The van der Waals surface area contributed by atoms with E-state index in [2.05, 4.69) is 5.10 Å². The van der Waals surface area contributed by atoms with Gasteiger partial charge in [-0.3, -0.25) is 4.79 Å². The molecule has 0 aliphatic rings. The van der Waals surface area contributed by atoms with Crippen LogP contribution in [0.4, 0.5) is 0 Å². The highest BCUT2D eigenvalue weighted by atomic mass is 35.5. The lowest BCUT2D eigenvalue weighted by Gasteiger charge is -2.13. The molecule has 3 rings (SSSR count). The van der Waals surface area contributed by atoms with Crippen LogP contribution in [0.25, 0.3) is 0 Å². The fraction of sp³-hybridized carbons (Fsp3) is 0.273. The first-order chi connectivity index (χ1) is 12.9. The Morgan fingerprint density at radius 3 is 2.48 bits per heavy atom. The summed E-state index contributed by atoms with van der Waals surface area (Å²) in [6.45, 7) is 8.73.